The summed E-state index contributed by atoms with van der Waals surface area (Å²) in [7, 11) is 0. The number of benzene rings is 1. The molecule has 1 atom stereocenters. The topological polar surface area (TPSA) is 97.6 Å². The Morgan fingerprint density at radius 1 is 1.22 bits per heavy atom. The van der Waals surface area contributed by atoms with Crippen LogP contribution in [-0.2, 0) is 16.9 Å². The van der Waals surface area contributed by atoms with E-state index in [1.165, 1.54) is 12.8 Å². The molecule has 27 heavy (non-hydrogen) atoms. The Bertz CT molecular complexity index is 982. The normalized spacial score (nSPS) is 22.1. The number of carbonyl (C=O) groups is 1. The average molecular weight is 363 g/mol. The van der Waals surface area contributed by atoms with Crippen molar-refractivity contribution < 1.29 is 4.79 Å². The van der Waals surface area contributed by atoms with E-state index in [9.17, 15) is 4.79 Å². The highest BCUT2D eigenvalue weighted by atomic mass is 16.2. The quantitative estimate of drug-likeness (QED) is 0.694. The van der Waals surface area contributed by atoms with Crippen molar-refractivity contribution in [3.63, 3.8) is 0 Å². The number of rotatable bonds is 6. The van der Waals surface area contributed by atoms with Crippen LogP contribution < -0.4 is 10.6 Å². The number of amides is 1. The van der Waals surface area contributed by atoms with Gasteiger partial charge in [-0.15, -0.1) is 5.10 Å². The minimum atomic E-state index is -0.445. The lowest BCUT2D eigenvalue weighted by Crippen LogP contribution is -2.44. The van der Waals surface area contributed by atoms with Crippen LogP contribution in [0.2, 0.25) is 0 Å². The Morgan fingerprint density at radius 2 is 2.07 bits per heavy atom. The number of fused-ring (bicyclic) bond motifs is 1. The van der Waals surface area contributed by atoms with Crippen LogP contribution in [0.15, 0.2) is 36.7 Å². The molecule has 0 spiro atoms. The summed E-state index contributed by atoms with van der Waals surface area (Å²) >= 11 is 0. The zero-order chi connectivity index (χ0) is 18.3. The number of nitrogens with zero attached hydrogens (tertiary/aromatic N) is 5. The Kier molecular flexibility index (Phi) is 3.77. The lowest BCUT2D eigenvalue weighted by molar-refractivity contribution is -0.119. The van der Waals surface area contributed by atoms with Crippen LogP contribution in [0.25, 0.3) is 11.2 Å². The van der Waals surface area contributed by atoms with E-state index < -0.39 is 5.54 Å². The molecular weight excluding hydrogens is 342 g/mol. The van der Waals surface area contributed by atoms with E-state index in [2.05, 4.69) is 43.0 Å². The monoisotopic (exact) mass is 363 g/mol. The second-order valence-corrected chi connectivity index (χ2v) is 7.46. The molecule has 1 aliphatic heterocycles. The predicted octanol–water partition coefficient (Wildman–Crippen LogP) is 1.85. The first kappa shape index (κ1) is 16.2. The molecule has 1 aliphatic carbocycles. The number of hydrogen-bond acceptors (Lipinski definition) is 6. The van der Waals surface area contributed by atoms with Gasteiger partial charge in [0, 0.05) is 19.5 Å². The molecule has 1 unspecified atom stereocenters. The van der Waals surface area contributed by atoms with Crippen LogP contribution >= 0.6 is 0 Å². The Hall–Kier alpha value is -3.03. The molecule has 138 valence electrons. The fourth-order valence-corrected chi connectivity index (χ4v) is 3.75. The molecule has 1 saturated carbocycles. The first-order valence-corrected chi connectivity index (χ1v) is 9.38. The Labute approximate surface area is 156 Å². The molecule has 2 aliphatic rings. The summed E-state index contributed by atoms with van der Waals surface area (Å²) in [5.41, 5.74) is 2.07. The van der Waals surface area contributed by atoms with Gasteiger partial charge in [-0.2, -0.15) is 0 Å². The molecule has 1 amide bonds. The number of anilines is 1. The maximum atomic E-state index is 12.0. The highest BCUT2D eigenvalue weighted by molar-refractivity contribution is 5.82. The Morgan fingerprint density at radius 3 is 2.81 bits per heavy atom. The lowest BCUT2D eigenvalue weighted by Gasteiger charge is -2.30. The second-order valence-electron chi connectivity index (χ2n) is 7.46. The van der Waals surface area contributed by atoms with Gasteiger partial charge < -0.3 is 10.6 Å². The minimum Gasteiger partial charge on any atom is -0.365 e. The summed E-state index contributed by atoms with van der Waals surface area (Å²) < 4.78 is 1.87. The highest BCUT2D eigenvalue weighted by Crippen LogP contribution is 2.33. The summed E-state index contributed by atoms with van der Waals surface area (Å²) in [6.45, 7) is 1.39. The van der Waals surface area contributed by atoms with Crippen molar-refractivity contribution >= 4 is 22.9 Å². The fourth-order valence-electron chi connectivity index (χ4n) is 3.75. The zero-order valence-electron chi connectivity index (χ0n) is 14.9. The van der Waals surface area contributed by atoms with Crippen molar-refractivity contribution in [2.24, 2.45) is 5.92 Å². The minimum absolute atomic E-state index is 0.0730. The number of hydrogen-bond donors (Lipinski definition) is 2. The van der Waals surface area contributed by atoms with Crippen molar-refractivity contribution in [2.75, 3.05) is 11.9 Å². The molecule has 3 aromatic rings. The molecule has 8 nitrogen and oxygen atoms in total. The number of nitrogens with one attached hydrogen (secondary N) is 2. The smallest absolute Gasteiger partial charge is 0.220 e. The molecule has 1 saturated heterocycles. The van der Waals surface area contributed by atoms with E-state index in [1.54, 1.807) is 6.33 Å². The third-order valence-electron chi connectivity index (χ3n) is 5.47. The zero-order valence-corrected chi connectivity index (χ0v) is 14.9. The van der Waals surface area contributed by atoms with Gasteiger partial charge in [0.25, 0.3) is 0 Å². The second kappa shape index (κ2) is 6.29. The molecule has 2 N–H and O–H groups in total. The third kappa shape index (κ3) is 3.01. The van der Waals surface area contributed by atoms with Gasteiger partial charge in [0.2, 0.25) is 5.91 Å². The molecule has 1 aromatic carbocycles. The van der Waals surface area contributed by atoms with Crippen LogP contribution in [0.4, 0.5) is 5.82 Å². The molecule has 5 rings (SSSR count). The van der Waals surface area contributed by atoms with E-state index in [4.69, 9.17) is 0 Å². The molecule has 3 heterocycles. The molecule has 2 fully saturated rings. The number of carbonyl (C=O) groups excluding carboxylic acids is 1. The molecular formula is C19H21N7O. The van der Waals surface area contributed by atoms with Crippen LogP contribution in [0.3, 0.4) is 0 Å². The molecule has 0 bridgehead atoms. The van der Waals surface area contributed by atoms with E-state index in [0.29, 0.717) is 30.2 Å². The van der Waals surface area contributed by atoms with Crippen LogP contribution in [0, 0.1) is 5.92 Å². The SMILES string of the molecule is O=C1CCC(CNc2ncnc3c2nnn3CC2CC2)(c2ccccc2)N1. The number of aromatic nitrogens is 5. The van der Waals surface area contributed by atoms with Gasteiger partial charge in [0.15, 0.2) is 17.0 Å². The molecule has 8 heteroatoms. The van der Waals surface area contributed by atoms with E-state index in [0.717, 1.165) is 24.2 Å². The maximum absolute atomic E-state index is 12.0. The molecule has 2 aromatic heterocycles. The van der Waals surface area contributed by atoms with Gasteiger partial charge in [-0.1, -0.05) is 35.5 Å². The van der Waals surface area contributed by atoms with Gasteiger partial charge in [0.05, 0.1) is 5.54 Å². The van der Waals surface area contributed by atoms with Crippen LogP contribution in [-0.4, -0.2) is 37.4 Å². The third-order valence-corrected chi connectivity index (χ3v) is 5.47. The summed E-state index contributed by atoms with van der Waals surface area (Å²) in [6, 6.07) is 10.1. The molecule has 0 radical (unpaired) electrons. The van der Waals surface area contributed by atoms with Gasteiger partial charge in [-0.05, 0) is 30.7 Å². The first-order chi connectivity index (χ1) is 13.2. The van der Waals surface area contributed by atoms with E-state index in [1.807, 2.05) is 22.9 Å². The van der Waals surface area contributed by atoms with E-state index in [-0.39, 0.29) is 5.91 Å². The van der Waals surface area contributed by atoms with Gasteiger partial charge in [-0.25, -0.2) is 14.6 Å². The first-order valence-electron chi connectivity index (χ1n) is 9.38. The summed E-state index contributed by atoms with van der Waals surface area (Å²) in [5, 5.41) is 15.1. The fraction of sp³-hybridized carbons (Fsp3) is 0.421. The average Bonchev–Trinajstić information content (AvgIpc) is 3.30. The van der Waals surface area contributed by atoms with E-state index >= 15 is 0 Å². The van der Waals surface area contributed by atoms with Crippen molar-refractivity contribution in [3.8, 4) is 0 Å². The van der Waals surface area contributed by atoms with Crippen molar-refractivity contribution in [2.45, 2.75) is 37.8 Å². The van der Waals surface area contributed by atoms with Crippen molar-refractivity contribution in [3.05, 3.63) is 42.2 Å². The standard InChI is InChI=1S/C19H21N7O/c27-15-8-9-19(23-15,14-4-2-1-3-5-14)11-20-17-16-18(22-12-21-17)26(25-24-16)10-13-6-7-13/h1-5,12-13H,6-11H2,(H,23,27)(H,20,21,22). The summed E-state index contributed by atoms with van der Waals surface area (Å²) in [6.07, 6.45) is 5.30. The highest BCUT2D eigenvalue weighted by Gasteiger charge is 2.39. The van der Waals surface area contributed by atoms with Crippen molar-refractivity contribution in [1.29, 1.82) is 0 Å². The van der Waals surface area contributed by atoms with Gasteiger partial charge in [-0.3, -0.25) is 4.79 Å². The summed E-state index contributed by atoms with van der Waals surface area (Å²) in [4.78, 5) is 20.7. The predicted molar refractivity (Wildman–Crippen MR) is 99.8 cm³/mol. The maximum Gasteiger partial charge on any atom is 0.220 e. The van der Waals surface area contributed by atoms with Crippen LogP contribution in [0.1, 0.15) is 31.2 Å². The lowest BCUT2D eigenvalue weighted by atomic mass is 9.88. The summed E-state index contributed by atoms with van der Waals surface area (Å²) in [5.74, 6) is 1.42. The Balaban J connectivity index is 1.42. The largest absolute Gasteiger partial charge is 0.365 e. The van der Waals surface area contributed by atoms with Crippen LogP contribution in [0.5, 0.6) is 0 Å². The van der Waals surface area contributed by atoms with Crippen molar-refractivity contribution in [1.82, 2.24) is 30.3 Å². The van der Waals surface area contributed by atoms with Gasteiger partial charge >= 0.3 is 0 Å². The van der Waals surface area contributed by atoms with Gasteiger partial charge in [0.1, 0.15) is 6.33 Å².